The van der Waals surface area contributed by atoms with Gasteiger partial charge in [-0.3, -0.25) is 4.79 Å². The lowest BCUT2D eigenvalue weighted by Gasteiger charge is -2.43. The van der Waals surface area contributed by atoms with E-state index in [1.807, 2.05) is 0 Å². The summed E-state index contributed by atoms with van der Waals surface area (Å²) < 4.78 is 25.4. The van der Waals surface area contributed by atoms with E-state index in [1.54, 1.807) is 6.92 Å². The molecule has 3 rings (SSSR count). The molecule has 0 N–H and O–H groups in total. The van der Waals surface area contributed by atoms with E-state index in [1.165, 1.54) is 12.8 Å². The zero-order valence-corrected chi connectivity index (χ0v) is 14.3. The fourth-order valence-electron chi connectivity index (χ4n) is 4.84. The van der Waals surface area contributed by atoms with Crippen LogP contribution in [0, 0.1) is 22.7 Å². The Morgan fingerprint density at radius 3 is 2.43 bits per heavy atom. The van der Waals surface area contributed by atoms with E-state index in [4.69, 9.17) is 0 Å². The van der Waals surface area contributed by atoms with E-state index in [9.17, 15) is 13.2 Å². The second-order valence-corrected chi connectivity index (χ2v) is 10.6. The molecule has 3 unspecified atom stereocenters. The maximum atomic E-state index is 12.9. The number of hydrogen-bond acceptors (Lipinski definition) is 3. The van der Waals surface area contributed by atoms with Gasteiger partial charge in [0.25, 0.3) is 0 Å². The first-order valence-electron chi connectivity index (χ1n) is 8.49. The van der Waals surface area contributed by atoms with Gasteiger partial charge in [-0.1, -0.05) is 33.6 Å². The number of rotatable bonds is 6. The fraction of sp³-hybridized carbons (Fsp3) is 0.941. The van der Waals surface area contributed by atoms with Crippen molar-refractivity contribution in [1.82, 2.24) is 0 Å². The van der Waals surface area contributed by atoms with Crippen LogP contribution in [0.3, 0.4) is 0 Å². The van der Waals surface area contributed by atoms with Crippen LogP contribution in [0.5, 0.6) is 0 Å². The first kappa shape index (κ1) is 15.5. The van der Waals surface area contributed by atoms with Gasteiger partial charge in [0.2, 0.25) is 0 Å². The molecule has 120 valence electrons. The summed E-state index contributed by atoms with van der Waals surface area (Å²) >= 11 is 0. The Kier molecular flexibility index (Phi) is 3.55. The molecule has 0 amide bonds. The molecule has 3 aliphatic rings. The number of sulfone groups is 1. The van der Waals surface area contributed by atoms with Crippen molar-refractivity contribution in [2.24, 2.45) is 22.7 Å². The minimum Gasteiger partial charge on any atom is -0.299 e. The van der Waals surface area contributed by atoms with Crippen LogP contribution in [0.25, 0.3) is 0 Å². The Bertz CT molecular complexity index is 544. The monoisotopic (exact) mass is 312 g/mol. The smallest absolute Gasteiger partial charge is 0.154 e. The SMILES string of the molecule is CCS(=O)(=O)C1C(C)(C)CCC2CC21C(=O)CCC1CC1. The highest BCUT2D eigenvalue weighted by molar-refractivity contribution is 7.92. The van der Waals surface area contributed by atoms with Crippen LogP contribution in [0.1, 0.15) is 65.7 Å². The van der Waals surface area contributed by atoms with Crippen LogP contribution >= 0.6 is 0 Å². The third kappa shape index (κ3) is 2.47. The summed E-state index contributed by atoms with van der Waals surface area (Å²) in [5, 5.41) is -0.451. The first-order chi connectivity index (χ1) is 9.74. The molecule has 0 aromatic carbocycles. The van der Waals surface area contributed by atoms with Crippen LogP contribution in [-0.4, -0.2) is 25.2 Å². The fourth-order valence-corrected chi connectivity index (χ4v) is 7.32. The van der Waals surface area contributed by atoms with E-state index in [0.717, 1.165) is 31.6 Å². The van der Waals surface area contributed by atoms with Crippen LogP contribution in [0.15, 0.2) is 0 Å². The van der Waals surface area contributed by atoms with Crippen LogP contribution < -0.4 is 0 Å². The average Bonchev–Trinajstić information content (AvgIpc) is 3.28. The Labute approximate surface area is 128 Å². The summed E-state index contributed by atoms with van der Waals surface area (Å²) in [7, 11) is -3.18. The van der Waals surface area contributed by atoms with Gasteiger partial charge in [-0.05, 0) is 42.9 Å². The highest BCUT2D eigenvalue weighted by atomic mass is 32.2. The average molecular weight is 312 g/mol. The molecule has 0 aromatic heterocycles. The third-order valence-corrected chi connectivity index (χ3v) is 8.81. The molecular formula is C17H28O3S. The van der Waals surface area contributed by atoms with Crippen molar-refractivity contribution in [2.45, 2.75) is 71.0 Å². The molecule has 3 fully saturated rings. The summed E-state index contributed by atoms with van der Waals surface area (Å²) in [5.41, 5.74) is -0.789. The van der Waals surface area contributed by atoms with Gasteiger partial charge >= 0.3 is 0 Å². The van der Waals surface area contributed by atoms with Gasteiger partial charge in [0.1, 0.15) is 5.78 Å². The second-order valence-electron chi connectivity index (χ2n) is 8.21. The Morgan fingerprint density at radius 1 is 1.19 bits per heavy atom. The largest absolute Gasteiger partial charge is 0.299 e. The minimum atomic E-state index is -3.18. The van der Waals surface area contributed by atoms with Gasteiger partial charge < -0.3 is 0 Å². The molecule has 3 nitrogen and oxygen atoms in total. The zero-order chi connectivity index (χ0) is 15.5. The third-order valence-electron chi connectivity index (χ3n) is 6.22. The van der Waals surface area contributed by atoms with Crippen LogP contribution in [0.4, 0.5) is 0 Å². The molecule has 0 heterocycles. The number of carbonyl (C=O) groups excluding carboxylic acids is 1. The van der Waals surface area contributed by atoms with Crippen molar-refractivity contribution in [3.05, 3.63) is 0 Å². The van der Waals surface area contributed by atoms with Crippen molar-refractivity contribution >= 4 is 15.6 Å². The summed E-state index contributed by atoms with van der Waals surface area (Å²) in [6, 6.07) is 0. The lowest BCUT2D eigenvalue weighted by molar-refractivity contribution is -0.126. The van der Waals surface area contributed by atoms with Crippen molar-refractivity contribution in [3.63, 3.8) is 0 Å². The van der Waals surface area contributed by atoms with E-state index < -0.39 is 20.5 Å². The Hall–Kier alpha value is -0.380. The molecule has 4 heteroatoms. The van der Waals surface area contributed by atoms with Gasteiger partial charge in [0, 0.05) is 17.6 Å². The van der Waals surface area contributed by atoms with Crippen LogP contribution in [0.2, 0.25) is 0 Å². The molecule has 3 atom stereocenters. The lowest BCUT2D eigenvalue weighted by atomic mass is 9.69. The normalized spacial score (nSPS) is 37.9. The highest BCUT2D eigenvalue weighted by Crippen LogP contribution is 2.68. The van der Waals surface area contributed by atoms with Gasteiger partial charge in [-0.15, -0.1) is 0 Å². The molecule has 0 spiro atoms. The van der Waals surface area contributed by atoms with E-state index in [0.29, 0.717) is 12.3 Å². The quantitative estimate of drug-likeness (QED) is 0.755. The number of carbonyl (C=O) groups is 1. The van der Waals surface area contributed by atoms with E-state index >= 15 is 0 Å². The number of ketones is 1. The van der Waals surface area contributed by atoms with Crippen molar-refractivity contribution in [3.8, 4) is 0 Å². The predicted molar refractivity (Wildman–Crippen MR) is 83.8 cm³/mol. The molecule has 0 aliphatic heterocycles. The van der Waals surface area contributed by atoms with Crippen molar-refractivity contribution in [1.29, 1.82) is 0 Å². The molecule has 0 aromatic rings. The lowest BCUT2D eigenvalue weighted by Crippen LogP contribution is -2.50. The molecule has 3 aliphatic carbocycles. The van der Waals surface area contributed by atoms with Crippen molar-refractivity contribution in [2.75, 3.05) is 5.75 Å². The number of fused-ring (bicyclic) bond motifs is 1. The topological polar surface area (TPSA) is 51.2 Å². The Balaban J connectivity index is 1.89. The highest BCUT2D eigenvalue weighted by Gasteiger charge is 2.71. The first-order valence-corrected chi connectivity index (χ1v) is 10.2. The molecule has 0 saturated heterocycles. The van der Waals surface area contributed by atoms with Gasteiger partial charge in [0.05, 0.1) is 5.25 Å². The van der Waals surface area contributed by atoms with Gasteiger partial charge in [-0.25, -0.2) is 8.42 Å². The van der Waals surface area contributed by atoms with Gasteiger partial charge in [0.15, 0.2) is 9.84 Å². The maximum Gasteiger partial charge on any atom is 0.154 e. The second kappa shape index (κ2) is 4.81. The number of hydrogen-bond donors (Lipinski definition) is 0. The summed E-state index contributed by atoms with van der Waals surface area (Å²) in [4.78, 5) is 12.9. The van der Waals surface area contributed by atoms with E-state index in [-0.39, 0.29) is 17.0 Å². The standard InChI is InChI=1S/C17H28O3S/c1-4-21(19,20)15-16(2,3)10-9-13-11-17(13,15)14(18)8-7-12-5-6-12/h12-13,15H,4-11H2,1-3H3. The molecule has 0 radical (unpaired) electrons. The molecule has 0 bridgehead atoms. The predicted octanol–water partition coefficient (Wildman–Crippen LogP) is 3.38. The summed E-state index contributed by atoms with van der Waals surface area (Å²) in [6.07, 6.45) is 6.87. The van der Waals surface area contributed by atoms with E-state index in [2.05, 4.69) is 13.8 Å². The zero-order valence-electron chi connectivity index (χ0n) is 13.5. The van der Waals surface area contributed by atoms with Crippen molar-refractivity contribution < 1.29 is 13.2 Å². The van der Waals surface area contributed by atoms with Gasteiger partial charge in [-0.2, -0.15) is 0 Å². The molecular weight excluding hydrogens is 284 g/mol. The van der Waals surface area contributed by atoms with Crippen LogP contribution in [-0.2, 0) is 14.6 Å². The summed E-state index contributed by atoms with van der Waals surface area (Å²) in [6.45, 7) is 5.82. The Morgan fingerprint density at radius 2 is 1.86 bits per heavy atom. The summed E-state index contributed by atoms with van der Waals surface area (Å²) in [5.74, 6) is 1.49. The number of Topliss-reactive ketones (excluding diaryl/α,β-unsaturated/α-hetero) is 1. The minimum absolute atomic E-state index is 0.158. The molecule has 21 heavy (non-hydrogen) atoms. The molecule has 3 saturated carbocycles. The maximum absolute atomic E-state index is 12.9.